The zero-order valence-corrected chi connectivity index (χ0v) is 12.1. The third kappa shape index (κ3) is 2.87. The van der Waals surface area contributed by atoms with Gasteiger partial charge < -0.3 is 5.32 Å². The second-order valence-electron chi connectivity index (χ2n) is 5.52. The van der Waals surface area contributed by atoms with E-state index >= 15 is 0 Å². The quantitative estimate of drug-likeness (QED) is 0.681. The highest BCUT2D eigenvalue weighted by Crippen LogP contribution is 2.38. The Morgan fingerprint density at radius 2 is 2.15 bits per heavy atom. The third-order valence-electron chi connectivity index (χ3n) is 3.71. The van der Waals surface area contributed by atoms with Gasteiger partial charge in [0.2, 0.25) is 0 Å². The molecule has 0 radical (unpaired) electrons. The van der Waals surface area contributed by atoms with Crippen molar-refractivity contribution >= 4 is 23.1 Å². The van der Waals surface area contributed by atoms with Gasteiger partial charge in [0.1, 0.15) is 0 Å². The Balaban J connectivity index is 2.37. The Morgan fingerprint density at radius 1 is 1.45 bits per heavy atom. The fourth-order valence-electron chi connectivity index (χ4n) is 2.18. The maximum absolute atomic E-state index is 13.9. The maximum atomic E-state index is 13.9. The lowest BCUT2D eigenvalue weighted by Gasteiger charge is -2.39. The number of nitro groups is 1. The van der Waals surface area contributed by atoms with E-state index in [4.69, 9.17) is 0 Å². The van der Waals surface area contributed by atoms with Crippen LogP contribution in [0.5, 0.6) is 0 Å². The molecule has 110 valence electrons. The summed E-state index contributed by atoms with van der Waals surface area (Å²) in [7, 11) is 0. The minimum atomic E-state index is -1.19. The maximum Gasteiger partial charge on any atom is 0.295 e. The van der Waals surface area contributed by atoms with Crippen LogP contribution in [0.3, 0.4) is 0 Å². The molecule has 1 fully saturated rings. The molecule has 1 aromatic rings. The van der Waals surface area contributed by atoms with Crippen LogP contribution in [0.15, 0.2) is 12.1 Å². The standard InChI is InChI=1S/C13H16F2N2O2S/c1-13(2)5-6-20-7-10(13)16-12-9(17(18)19)4-3-8(14)11(12)15/h3-4,10,16H,5-7H2,1-2H3. The summed E-state index contributed by atoms with van der Waals surface area (Å²) in [4.78, 5) is 10.3. The highest BCUT2D eigenvalue weighted by atomic mass is 32.2. The summed E-state index contributed by atoms with van der Waals surface area (Å²) < 4.78 is 27.2. The molecule has 0 aliphatic carbocycles. The Hall–Kier alpha value is -1.37. The Kier molecular flexibility index (Phi) is 4.17. The topological polar surface area (TPSA) is 55.2 Å². The van der Waals surface area contributed by atoms with E-state index in [1.54, 1.807) is 11.8 Å². The molecule has 4 nitrogen and oxygen atoms in total. The van der Waals surface area contributed by atoms with Gasteiger partial charge in [0.15, 0.2) is 17.3 Å². The molecule has 0 spiro atoms. The summed E-state index contributed by atoms with van der Waals surface area (Å²) >= 11 is 1.70. The van der Waals surface area contributed by atoms with Gasteiger partial charge in [-0.2, -0.15) is 11.8 Å². The summed E-state index contributed by atoms with van der Waals surface area (Å²) in [6.07, 6.45) is 0.917. The summed E-state index contributed by atoms with van der Waals surface area (Å²) in [6.45, 7) is 4.04. The lowest BCUT2D eigenvalue weighted by Crippen LogP contribution is -2.42. The first-order valence-corrected chi connectivity index (χ1v) is 7.45. The fourth-order valence-corrected chi connectivity index (χ4v) is 3.78. The molecular formula is C13H16F2N2O2S. The van der Waals surface area contributed by atoms with Crippen LogP contribution >= 0.6 is 11.8 Å². The van der Waals surface area contributed by atoms with Crippen LogP contribution < -0.4 is 5.32 Å². The van der Waals surface area contributed by atoms with Crippen LogP contribution in [-0.2, 0) is 0 Å². The van der Waals surface area contributed by atoms with Crippen molar-refractivity contribution < 1.29 is 13.7 Å². The molecule has 1 aromatic carbocycles. The first kappa shape index (κ1) is 15.0. The van der Waals surface area contributed by atoms with Crippen LogP contribution in [0.25, 0.3) is 0 Å². The molecule has 1 saturated heterocycles. The van der Waals surface area contributed by atoms with Gasteiger partial charge in [0.05, 0.1) is 4.92 Å². The van der Waals surface area contributed by atoms with Gasteiger partial charge in [-0.15, -0.1) is 0 Å². The van der Waals surface area contributed by atoms with Crippen molar-refractivity contribution in [1.82, 2.24) is 0 Å². The largest absolute Gasteiger partial charge is 0.373 e. The van der Waals surface area contributed by atoms with Gasteiger partial charge in [-0.25, -0.2) is 8.78 Å². The van der Waals surface area contributed by atoms with Gasteiger partial charge in [-0.1, -0.05) is 13.8 Å². The smallest absolute Gasteiger partial charge is 0.295 e. The summed E-state index contributed by atoms with van der Waals surface area (Å²) in [5, 5.41) is 13.8. The first-order valence-electron chi connectivity index (χ1n) is 6.29. The van der Waals surface area contributed by atoms with Crippen LogP contribution in [-0.4, -0.2) is 22.5 Å². The van der Waals surface area contributed by atoms with Crippen molar-refractivity contribution in [2.24, 2.45) is 5.41 Å². The first-order chi connectivity index (χ1) is 9.33. The second kappa shape index (κ2) is 5.55. The number of nitrogens with zero attached hydrogens (tertiary/aromatic N) is 1. The van der Waals surface area contributed by atoms with Gasteiger partial charge >= 0.3 is 0 Å². The van der Waals surface area contributed by atoms with E-state index in [0.29, 0.717) is 5.75 Å². The lowest BCUT2D eigenvalue weighted by molar-refractivity contribution is -0.384. The number of hydrogen-bond donors (Lipinski definition) is 1. The van der Waals surface area contributed by atoms with Crippen molar-refractivity contribution in [3.8, 4) is 0 Å². The molecule has 0 saturated carbocycles. The molecule has 7 heteroatoms. The van der Waals surface area contributed by atoms with Crippen molar-refractivity contribution in [3.63, 3.8) is 0 Å². The van der Waals surface area contributed by atoms with E-state index in [-0.39, 0.29) is 17.1 Å². The zero-order valence-electron chi connectivity index (χ0n) is 11.3. The molecule has 1 atom stereocenters. The minimum absolute atomic E-state index is 0.127. The molecule has 1 aliphatic rings. The molecule has 1 N–H and O–H groups in total. The summed E-state index contributed by atoms with van der Waals surface area (Å²) in [5.41, 5.74) is -0.913. The number of nitrogens with one attached hydrogen (secondary N) is 1. The minimum Gasteiger partial charge on any atom is -0.373 e. The number of benzene rings is 1. The van der Waals surface area contributed by atoms with Crippen molar-refractivity contribution in [3.05, 3.63) is 33.9 Å². The molecule has 1 heterocycles. The third-order valence-corrected chi connectivity index (χ3v) is 4.77. The van der Waals surface area contributed by atoms with Crippen LogP contribution in [0.1, 0.15) is 20.3 Å². The average Bonchev–Trinajstić information content (AvgIpc) is 2.36. The molecule has 0 amide bonds. The van der Waals surface area contributed by atoms with Crippen LogP contribution in [0.2, 0.25) is 0 Å². The molecule has 1 aliphatic heterocycles. The zero-order chi connectivity index (χ0) is 14.9. The molecule has 2 rings (SSSR count). The number of hydrogen-bond acceptors (Lipinski definition) is 4. The van der Waals surface area contributed by atoms with E-state index in [1.807, 2.05) is 13.8 Å². The Morgan fingerprint density at radius 3 is 2.75 bits per heavy atom. The molecule has 0 aromatic heterocycles. The van der Waals surface area contributed by atoms with Gasteiger partial charge in [0.25, 0.3) is 5.69 Å². The van der Waals surface area contributed by atoms with Gasteiger partial charge in [0, 0.05) is 17.9 Å². The number of halogens is 2. The monoisotopic (exact) mass is 302 g/mol. The number of anilines is 1. The van der Waals surface area contributed by atoms with Gasteiger partial charge in [-0.05, 0) is 23.7 Å². The molecule has 0 bridgehead atoms. The van der Waals surface area contributed by atoms with E-state index < -0.39 is 22.2 Å². The second-order valence-corrected chi connectivity index (χ2v) is 6.67. The Bertz CT molecular complexity index is 537. The van der Waals surface area contributed by atoms with Crippen LogP contribution in [0, 0.1) is 27.2 Å². The number of thioether (sulfide) groups is 1. The summed E-state index contributed by atoms with van der Waals surface area (Å²) in [5.74, 6) is -0.566. The molecular weight excluding hydrogens is 286 g/mol. The lowest BCUT2D eigenvalue weighted by atomic mass is 9.82. The van der Waals surface area contributed by atoms with Gasteiger partial charge in [-0.3, -0.25) is 10.1 Å². The SMILES string of the molecule is CC1(C)CCSCC1Nc1c([N+](=O)[O-])ccc(F)c1F. The number of nitro benzene ring substituents is 1. The van der Waals surface area contributed by atoms with E-state index in [1.165, 1.54) is 0 Å². The fraction of sp³-hybridized carbons (Fsp3) is 0.538. The van der Waals surface area contributed by atoms with Crippen LogP contribution in [0.4, 0.5) is 20.2 Å². The predicted molar refractivity (Wildman–Crippen MR) is 76.1 cm³/mol. The van der Waals surface area contributed by atoms with E-state index in [2.05, 4.69) is 5.32 Å². The number of rotatable bonds is 3. The highest BCUT2D eigenvalue weighted by Gasteiger charge is 2.35. The average molecular weight is 302 g/mol. The normalized spacial score (nSPS) is 21.5. The Labute approximate surface area is 120 Å². The van der Waals surface area contributed by atoms with E-state index in [9.17, 15) is 18.9 Å². The predicted octanol–water partition coefficient (Wildman–Crippen LogP) is 3.82. The summed E-state index contributed by atoms with van der Waals surface area (Å²) in [6, 6.07) is 1.62. The molecule has 20 heavy (non-hydrogen) atoms. The van der Waals surface area contributed by atoms with Crippen molar-refractivity contribution in [2.75, 3.05) is 16.8 Å². The molecule has 1 unspecified atom stereocenters. The van der Waals surface area contributed by atoms with Crippen molar-refractivity contribution in [1.29, 1.82) is 0 Å². The van der Waals surface area contributed by atoms with Crippen molar-refractivity contribution in [2.45, 2.75) is 26.3 Å². The van der Waals surface area contributed by atoms with E-state index in [0.717, 1.165) is 24.3 Å². The highest BCUT2D eigenvalue weighted by molar-refractivity contribution is 7.99.